The normalized spacial score (nSPS) is 16.7. The van der Waals surface area contributed by atoms with E-state index in [-0.39, 0.29) is 20.8 Å². The molecule has 192 valence electrons. The molecule has 0 bridgehead atoms. The van der Waals surface area contributed by atoms with Crippen molar-refractivity contribution in [3.05, 3.63) is 41.3 Å². The minimum Gasteiger partial charge on any atom is -0.489 e. The number of anilines is 2. The standard InChI is InChI=1S/C23H25ClFN5O5S/c1-29(36(32,33)20-11-14(24)10-17-22(20)27-28-23(17)25)13-21(31)26-15-2-3-18-19(12-15)35-9-6-30(18)16-4-7-34-8-5-16/h2-3,10-12,16H,4-9,13H2,1H3,(H,26,31)(H,27,28). The number of amides is 1. The third-order valence-corrected chi connectivity index (χ3v) is 8.41. The molecule has 0 unspecified atom stereocenters. The minimum atomic E-state index is -4.20. The van der Waals surface area contributed by atoms with Crippen LogP contribution in [0, 0.1) is 5.95 Å². The van der Waals surface area contributed by atoms with Crippen LogP contribution in [-0.2, 0) is 19.6 Å². The zero-order valence-corrected chi connectivity index (χ0v) is 21.0. The Hall–Kier alpha value is -2.93. The van der Waals surface area contributed by atoms with Gasteiger partial charge in [0.15, 0.2) is 0 Å². The van der Waals surface area contributed by atoms with Crippen molar-refractivity contribution < 1.29 is 27.1 Å². The van der Waals surface area contributed by atoms with Crippen LogP contribution in [0.25, 0.3) is 10.9 Å². The van der Waals surface area contributed by atoms with Crippen LogP contribution < -0.4 is 15.0 Å². The number of likely N-dealkylation sites (N-methyl/N-ethyl adjacent to an activating group) is 1. The van der Waals surface area contributed by atoms with E-state index in [0.29, 0.717) is 24.1 Å². The van der Waals surface area contributed by atoms with E-state index in [1.165, 1.54) is 19.2 Å². The summed E-state index contributed by atoms with van der Waals surface area (Å²) in [4.78, 5) is 14.7. The van der Waals surface area contributed by atoms with Gasteiger partial charge in [0.05, 0.1) is 24.2 Å². The molecular weight excluding hydrogens is 513 g/mol. The second-order valence-electron chi connectivity index (χ2n) is 8.71. The molecule has 2 N–H and O–H groups in total. The van der Waals surface area contributed by atoms with Crippen LogP contribution in [0.15, 0.2) is 35.2 Å². The van der Waals surface area contributed by atoms with Gasteiger partial charge in [-0.1, -0.05) is 11.6 Å². The van der Waals surface area contributed by atoms with Crippen molar-refractivity contribution in [1.29, 1.82) is 0 Å². The smallest absolute Gasteiger partial charge is 0.245 e. The summed E-state index contributed by atoms with van der Waals surface area (Å²) in [5.41, 5.74) is 1.35. The van der Waals surface area contributed by atoms with Gasteiger partial charge in [0.1, 0.15) is 22.8 Å². The number of halogens is 2. The van der Waals surface area contributed by atoms with Crippen LogP contribution in [0.5, 0.6) is 5.75 Å². The van der Waals surface area contributed by atoms with E-state index in [1.54, 1.807) is 12.1 Å². The molecule has 0 saturated carbocycles. The molecule has 1 amide bonds. The Kier molecular flexibility index (Phi) is 6.77. The lowest BCUT2D eigenvalue weighted by molar-refractivity contribution is -0.116. The summed E-state index contributed by atoms with van der Waals surface area (Å²) in [5, 5.41) is 8.56. The van der Waals surface area contributed by atoms with Gasteiger partial charge in [0.25, 0.3) is 0 Å². The van der Waals surface area contributed by atoms with Crippen LogP contribution in [0.3, 0.4) is 0 Å². The molecular formula is C23H25ClFN5O5S. The molecule has 0 atom stereocenters. The maximum atomic E-state index is 13.9. The lowest BCUT2D eigenvalue weighted by Crippen LogP contribution is -2.44. The van der Waals surface area contributed by atoms with Gasteiger partial charge in [-0.25, -0.2) is 8.42 Å². The number of carbonyl (C=O) groups is 1. The fourth-order valence-electron chi connectivity index (χ4n) is 4.57. The van der Waals surface area contributed by atoms with Gasteiger partial charge in [0, 0.05) is 43.1 Å². The highest BCUT2D eigenvalue weighted by Gasteiger charge is 2.29. The van der Waals surface area contributed by atoms with E-state index >= 15 is 0 Å². The van der Waals surface area contributed by atoms with Crippen molar-refractivity contribution in [2.24, 2.45) is 0 Å². The minimum absolute atomic E-state index is 0.0306. The average Bonchev–Trinajstić information content (AvgIpc) is 3.23. The summed E-state index contributed by atoms with van der Waals surface area (Å²) in [6.45, 7) is 2.30. The van der Waals surface area contributed by atoms with Crippen molar-refractivity contribution in [3.8, 4) is 5.75 Å². The number of sulfonamides is 1. The summed E-state index contributed by atoms with van der Waals surface area (Å²) < 4.78 is 52.4. The Bertz CT molecular complexity index is 1410. The number of carbonyl (C=O) groups excluding carboxylic acids is 1. The van der Waals surface area contributed by atoms with Crippen molar-refractivity contribution in [2.75, 3.05) is 50.2 Å². The Labute approximate surface area is 212 Å². The van der Waals surface area contributed by atoms with Crippen LogP contribution in [0.1, 0.15) is 12.8 Å². The number of H-pyrrole nitrogens is 1. The number of aromatic nitrogens is 2. The number of rotatable bonds is 6. The molecule has 2 aromatic carbocycles. The van der Waals surface area contributed by atoms with E-state index in [2.05, 4.69) is 20.4 Å². The SMILES string of the molecule is CN(CC(=O)Nc1ccc2c(c1)OCCN2C1CCOCC1)S(=O)(=O)c1cc(Cl)cc2c(F)[nH]nc12. The first-order valence-electron chi connectivity index (χ1n) is 11.4. The van der Waals surface area contributed by atoms with Crippen LogP contribution in [-0.4, -0.2) is 74.8 Å². The van der Waals surface area contributed by atoms with Gasteiger partial charge in [-0.3, -0.25) is 9.89 Å². The van der Waals surface area contributed by atoms with E-state index in [0.717, 1.165) is 42.6 Å². The highest BCUT2D eigenvalue weighted by molar-refractivity contribution is 7.89. The molecule has 1 aromatic heterocycles. The Morgan fingerprint density at radius 3 is 2.83 bits per heavy atom. The zero-order valence-electron chi connectivity index (χ0n) is 19.5. The fourth-order valence-corrected chi connectivity index (χ4v) is 6.15. The molecule has 13 heteroatoms. The van der Waals surface area contributed by atoms with Gasteiger partial charge < -0.3 is 19.7 Å². The first-order chi connectivity index (χ1) is 17.2. The molecule has 2 aliphatic heterocycles. The van der Waals surface area contributed by atoms with E-state index < -0.39 is 28.4 Å². The summed E-state index contributed by atoms with van der Waals surface area (Å²) in [6, 6.07) is 8.23. The quantitative estimate of drug-likeness (QED) is 0.496. The molecule has 1 saturated heterocycles. The molecule has 36 heavy (non-hydrogen) atoms. The highest BCUT2D eigenvalue weighted by Crippen LogP contribution is 2.37. The summed E-state index contributed by atoms with van der Waals surface area (Å²) in [6.07, 6.45) is 1.89. The van der Waals surface area contributed by atoms with Crippen LogP contribution in [0.4, 0.5) is 15.8 Å². The third-order valence-electron chi connectivity index (χ3n) is 6.37. The monoisotopic (exact) mass is 537 g/mol. The molecule has 0 aliphatic carbocycles. The van der Waals surface area contributed by atoms with E-state index in [4.69, 9.17) is 21.1 Å². The fraction of sp³-hybridized carbons (Fsp3) is 0.391. The number of nitrogens with one attached hydrogen (secondary N) is 2. The number of nitrogens with zero attached hydrogens (tertiary/aromatic N) is 3. The molecule has 3 aromatic rings. The first-order valence-corrected chi connectivity index (χ1v) is 13.3. The van der Waals surface area contributed by atoms with Crippen LogP contribution >= 0.6 is 11.6 Å². The van der Waals surface area contributed by atoms with E-state index in [1.807, 2.05) is 6.07 Å². The predicted octanol–water partition coefficient (Wildman–Crippen LogP) is 2.99. The van der Waals surface area contributed by atoms with Crippen molar-refractivity contribution in [3.63, 3.8) is 0 Å². The molecule has 10 nitrogen and oxygen atoms in total. The summed E-state index contributed by atoms with van der Waals surface area (Å²) in [5.74, 6) is -0.688. The summed E-state index contributed by atoms with van der Waals surface area (Å²) >= 11 is 6.00. The molecule has 3 heterocycles. The topological polar surface area (TPSA) is 117 Å². The first kappa shape index (κ1) is 24.8. The second kappa shape index (κ2) is 9.85. The molecule has 0 spiro atoms. The van der Waals surface area contributed by atoms with E-state index in [9.17, 15) is 17.6 Å². The molecule has 1 fully saturated rings. The van der Waals surface area contributed by atoms with Gasteiger partial charge in [0.2, 0.25) is 21.9 Å². The number of fused-ring (bicyclic) bond motifs is 2. The van der Waals surface area contributed by atoms with Crippen LogP contribution in [0.2, 0.25) is 5.02 Å². The predicted molar refractivity (Wildman–Crippen MR) is 133 cm³/mol. The maximum Gasteiger partial charge on any atom is 0.245 e. The lowest BCUT2D eigenvalue weighted by atomic mass is 10.0. The molecule has 2 aliphatic rings. The van der Waals surface area contributed by atoms with Crippen molar-refractivity contribution in [1.82, 2.24) is 14.5 Å². The Morgan fingerprint density at radius 2 is 2.06 bits per heavy atom. The number of hydrogen-bond acceptors (Lipinski definition) is 7. The van der Waals surface area contributed by atoms with Gasteiger partial charge in [-0.2, -0.15) is 13.8 Å². The number of hydrogen-bond donors (Lipinski definition) is 2. The largest absolute Gasteiger partial charge is 0.489 e. The molecule has 5 rings (SSSR count). The Balaban J connectivity index is 1.30. The number of ether oxygens (including phenoxy) is 2. The second-order valence-corrected chi connectivity index (χ2v) is 11.2. The zero-order chi connectivity index (χ0) is 25.4. The summed E-state index contributed by atoms with van der Waals surface area (Å²) in [7, 11) is -2.94. The van der Waals surface area contributed by atoms with Crippen molar-refractivity contribution in [2.45, 2.75) is 23.8 Å². The maximum absolute atomic E-state index is 13.9. The average molecular weight is 538 g/mol. The van der Waals surface area contributed by atoms with Crippen molar-refractivity contribution >= 4 is 49.8 Å². The number of aromatic amines is 1. The van der Waals surface area contributed by atoms with Gasteiger partial charge >= 0.3 is 0 Å². The van der Waals surface area contributed by atoms with Gasteiger partial charge in [-0.15, -0.1) is 0 Å². The lowest BCUT2D eigenvalue weighted by Gasteiger charge is -2.39. The molecule has 0 radical (unpaired) electrons. The third kappa shape index (κ3) is 4.73. The number of benzene rings is 2. The highest BCUT2D eigenvalue weighted by atomic mass is 35.5. The Morgan fingerprint density at radius 1 is 1.28 bits per heavy atom. The van der Waals surface area contributed by atoms with Gasteiger partial charge in [-0.05, 0) is 37.1 Å².